The molecule has 0 bridgehead atoms. The van der Waals surface area contributed by atoms with E-state index in [0.717, 1.165) is 58.1 Å². The Bertz CT molecular complexity index is 685. The summed E-state index contributed by atoms with van der Waals surface area (Å²) < 4.78 is 5.29. The number of nitrogens with zero attached hydrogens (tertiary/aromatic N) is 3. The third-order valence-corrected chi connectivity index (χ3v) is 5.92. The van der Waals surface area contributed by atoms with Gasteiger partial charge in [0.05, 0.1) is 7.11 Å². The van der Waals surface area contributed by atoms with Crippen molar-refractivity contribution in [1.29, 1.82) is 0 Å². The van der Waals surface area contributed by atoms with E-state index < -0.39 is 0 Å². The van der Waals surface area contributed by atoms with Crippen LogP contribution >= 0.6 is 0 Å². The average molecular weight is 382 g/mol. The zero-order valence-corrected chi connectivity index (χ0v) is 17.7. The fraction of sp³-hybridized carbons (Fsp3) is 0.500. The molecule has 0 saturated carbocycles. The first-order valence-electron chi connectivity index (χ1n) is 10.6. The van der Waals surface area contributed by atoms with Gasteiger partial charge in [-0.05, 0) is 36.3 Å². The van der Waals surface area contributed by atoms with E-state index in [4.69, 9.17) is 4.74 Å². The normalized spacial score (nSPS) is 18.5. The molecule has 0 amide bonds. The lowest BCUT2D eigenvalue weighted by molar-refractivity contribution is 0.0615. The second-order valence-electron chi connectivity index (χ2n) is 7.57. The molecule has 0 spiro atoms. The maximum absolute atomic E-state index is 5.29. The van der Waals surface area contributed by atoms with Gasteiger partial charge in [0.1, 0.15) is 5.75 Å². The Morgan fingerprint density at radius 3 is 2.32 bits per heavy atom. The van der Waals surface area contributed by atoms with Crippen LogP contribution in [0.1, 0.15) is 31.0 Å². The minimum atomic E-state index is 0.462. The number of ether oxygens (including phenoxy) is 1. The summed E-state index contributed by atoms with van der Waals surface area (Å²) in [4.78, 5) is 7.79. The van der Waals surface area contributed by atoms with E-state index in [1.165, 1.54) is 11.1 Å². The van der Waals surface area contributed by atoms with Crippen molar-refractivity contribution >= 4 is 0 Å². The molecular formula is C24H35N3O. The summed E-state index contributed by atoms with van der Waals surface area (Å²) in [6, 6.07) is 20.0. The van der Waals surface area contributed by atoms with Crippen LogP contribution in [0.25, 0.3) is 0 Å². The van der Waals surface area contributed by atoms with E-state index in [9.17, 15) is 0 Å². The molecule has 4 nitrogen and oxygen atoms in total. The van der Waals surface area contributed by atoms with Crippen molar-refractivity contribution in [1.82, 2.24) is 14.7 Å². The van der Waals surface area contributed by atoms with Gasteiger partial charge in [-0.15, -0.1) is 0 Å². The molecular weight excluding hydrogens is 346 g/mol. The van der Waals surface area contributed by atoms with E-state index in [1.54, 1.807) is 7.11 Å². The first-order chi connectivity index (χ1) is 13.7. The number of methoxy groups -OCH3 is 1. The van der Waals surface area contributed by atoms with Crippen LogP contribution in [0.15, 0.2) is 54.6 Å². The molecule has 2 aromatic carbocycles. The van der Waals surface area contributed by atoms with Crippen LogP contribution in [0.5, 0.6) is 5.75 Å². The Labute approximate surface area is 170 Å². The number of hydrogen-bond acceptors (Lipinski definition) is 4. The molecule has 1 aliphatic rings. The third kappa shape index (κ3) is 5.57. The monoisotopic (exact) mass is 381 g/mol. The first kappa shape index (κ1) is 20.8. The van der Waals surface area contributed by atoms with Gasteiger partial charge in [0.2, 0.25) is 0 Å². The van der Waals surface area contributed by atoms with E-state index in [2.05, 4.69) is 83.1 Å². The summed E-state index contributed by atoms with van der Waals surface area (Å²) in [5.41, 5.74) is 2.78. The summed E-state index contributed by atoms with van der Waals surface area (Å²) >= 11 is 0. The quantitative estimate of drug-likeness (QED) is 0.656. The molecule has 1 atom stereocenters. The Balaban J connectivity index is 1.67. The molecule has 0 aliphatic carbocycles. The highest BCUT2D eigenvalue weighted by molar-refractivity contribution is 5.27. The molecule has 2 aromatic rings. The van der Waals surface area contributed by atoms with Gasteiger partial charge < -0.3 is 9.64 Å². The number of piperazine rings is 1. The lowest BCUT2D eigenvalue weighted by Gasteiger charge is -2.42. The second-order valence-corrected chi connectivity index (χ2v) is 7.57. The Hall–Kier alpha value is -1.88. The highest BCUT2D eigenvalue weighted by atomic mass is 16.5. The largest absolute Gasteiger partial charge is 0.497 e. The predicted octanol–water partition coefficient (Wildman–Crippen LogP) is 3.90. The van der Waals surface area contributed by atoms with E-state index in [0.29, 0.717) is 6.04 Å². The van der Waals surface area contributed by atoms with Crippen molar-refractivity contribution in [2.24, 2.45) is 0 Å². The predicted molar refractivity (Wildman–Crippen MR) is 117 cm³/mol. The molecule has 1 fully saturated rings. The molecule has 1 saturated heterocycles. The molecule has 0 aromatic heterocycles. The van der Waals surface area contributed by atoms with Gasteiger partial charge >= 0.3 is 0 Å². The average Bonchev–Trinajstić information content (AvgIpc) is 2.76. The van der Waals surface area contributed by atoms with Gasteiger partial charge in [-0.25, -0.2) is 0 Å². The highest BCUT2D eigenvalue weighted by Gasteiger charge is 2.28. The van der Waals surface area contributed by atoms with Crippen LogP contribution in [0.3, 0.4) is 0 Å². The zero-order valence-electron chi connectivity index (χ0n) is 17.7. The van der Waals surface area contributed by atoms with Crippen LogP contribution in [0, 0.1) is 0 Å². The van der Waals surface area contributed by atoms with Crippen molar-refractivity contribution in [3.63, 3.8) is 0 Å². The molecule has 1 aliphatic heterocycles. The van der Waals surface area contributed by atoms with Gasteiger partial charge in [-0.2, -0.15) is 0 Å². The lowest BCUT2D eigenvalue weighted by atomic mass is 10.0. The molecule has 152 valence electrons. The number of hydrogen-bond donors (Lipinski definition) is 0. The second kappa shape index (κ2) is 10.6. The fourth-order valence-electron chi connectivity index (χ4n) is 4.08. The number of likely N-dealkylation sites (N-methyl/N-ethyl adjacent to an activating group) is 1. The Kier molecular flexibility index (Phi) is 7.90. The lowest BCUT2D eigenvalue weighted by Crippen LogP contribution is -2.49. The van der Waals surface area contributed by atoms with Gasteiger partial charge in [-0.3, -0.25) is 9.80 Å². The minimum absolute atomic E-state index is 0.462. The third-order valence-electron chi connectivity index (χ3n) is 5.92. The molecule has 4 heteroatoms. The molecule has 0 N–H and O–H groups in total. The van der Waals surface area contributed by atoms with E-state index in [1.807, 2.05) is 0 Å². The van der Waals surface area contributed by atoms with Gasteiger partial charge in [-0.1, -0.05) is 56.3 Å². The molecule has 1 heterocycles. The van der Waals surface area contributed by atoms with Crippen LogP contribution in [-0.2, 0) is 6.54 Å². The van der Waals surface area contributed by atoms with Gasteiger partial charge in [0.25, 0.3) is 0 Å². The van der Waals surface area contributed by atoms with Crippen LogP contribution in [-0.4, -0.2) is 67.6 Å². The van der Waals surface area contributed by atoms with E-state index in [-0.39, 0.29) is 0 Å². The van der Waals surface area contributed by atoms with Gasteiger partial charge in [0, 0.05) is 45.3 Å². The maximum Gasteiger partial charge on any atom is 0.118 e. The highest BCUT2D eigenvalue weighted by Crippen LogP contribution is 2.26. The van der Waals surface area contributed by atoms with Crippen LogP contribution in [0.2, 0.25) is 0 Å². The SMILES string of the molecule is CCN(CC)CCN1CCN(Cc2ccc(OC)cc2)CC1c1ccccc1. The molecule has 3 rings (SSSR count). The Morgan fingerprint density at radius 1 is 0.964 bits per heavy atom. The molecule has 1 unspecified atom stereocenters. The standard InChI is InChI=1S/C24H35N3O/c1-4-25(5-2)15-17-27-18-16-26(19-21-11-13-23(28-3)14-12-21)20-24(27)22-9-7-6-8-10-22/h6-14,24H,4-5,15-20H2,1-3H3. The van der Waals surface area contributed by atoms with Gasteiger partial charge in [0.15, 0.2) is 0 Å². The first-order valence-corrected chi connectivity index (χ1v) is 10.6. The van der Waals surface area contributed by atoms with Crippen molar-refractivity contribution < 1.29 is 4.74 Å². The summed E-state index contributed by atoms with van der Waals surface area (Å²) in [7, 11) is 1.72. The summed E-state index contributed by atoms with van der Waals surface area (Å²) in [5, 5.41) is 0. The van der Waals surface area contributed by atoms with Crippen LogP contribution < -0.4 is 4.74 Å². The maximum atomic E-state index is 5.29. The molecule has 0 radical (unpaired) electrons. The zero-order chi connectivity index (χ0) is 19.8. The summed E-state index contributed by atoms with van der Waals surface area (Å²) in [6.45, 7) is 13.4. The summed E-state index contributed by atoms with van der Waals surface area (Å²) in [5.74, 6) is 0.923. The Morgan fingerprint density at radius 2 is 1.68 bits per heavy atom. The van der Waals surface area contributed by atoms with Crippen LogP contribution in [0.4, 0.5) is 0 Å². The van der Waals surface area contributed by atoms with Crippen molar-refractivity contribution in [2.45, 2.75) is 26.4 Å². The minimum Gasteiger partial charge on any atom is -0.497 e. The van der Waals surface area contributed by atoms with Crippen molar-refractivity contribution in [3.05, 3.63) is 65.7 Å². The summed E-state index contributed by atoms with van der Waals surface area (Å²) in [6.07, 6.45) is 0. The van der Waals surface area contributed by atoms with Crippen molar-refractivity contribution in [3.8, 4) is 5.75 Å². The molecule has 28 heavy (non-hydrogen) atoms. The van der Waals surface area contributed by atoms with Crippen molar-refractivity contribution in [2.75, 3.05) is 52.9 Å². The number of benzene rings is 2. The van der Waals surface area contributed by atoms with E-state index >= 15 is 0 Å². The smallest absolute Gasteiger partial charge is 0.118 e. The topological polar surface area (TPSA) is 19.0 Å². The fourth-order valence-corrected chi connectivity index (χ4v) is 4.08. The number of rotatable bonds is 9.